The van der Waals surface area contributed by atoms with Crippen LogP contribution in [0.5, 0.6) is 17.2 Å². The van der Waals surface area contributed by atoms with Crippen LogP contribution in [0.15, 0.2) is 65.8 Å². The molecular weight excluding hydrogens is 639 g/mol. The molecule has 0 unspecified atom stereocenters. The third-order valence-electron chi connectivity index (χ3n) is 5.74. The number of hydrazone groups is 1. The number of halogens is 1. The summed E-state index contributed by atoms with van der Waals surface area (Å²) in [5, 5.41) is 9.24. The zero-order valence-electron chi connectivity index (χ0n) is 23.3. The van der Waals surface area contributed by atoms with Gasteiger partial charge >= 0.3 is 11.8 Å². The first-order valence-corrected chi connectivity index (χ1v) is 14.0. The van der Waals surface area contributed by atoms with Crippen LogP contribution in [0.4, 0.5) is 5.69 Å². The van der Waals surface area contributed by atoms with Crippen LogP contribution in [0.25, 0.3) is 0 Å². The first-order chi connectivity index (χ1) is 19.7. The SMILES string of the molecule is CCOc1cc(/C=N\NC(=O)C(=O)NCc2ccc(C(C)C)cc2)cc(I)c1OCC(=O)Nc1ccc(OC)cc1. The minimum absolute atomic E-state index is 0.226. The minimum Gasteiger partial charge on any atom is -0.497 e. The predicted molar refractivity (Wildman–Crippen MR) is 166 cm³/mol. The lowest BCUT2D eigenvalue weighted by atomic mass is 10.0. The third-order valence-corrected chi connectivity index (χ3v) is 6.54. The number of ether oxygens (including phenoxy) is 3. The van der Waals surface area contributed by atoms with Crippen molar-refractivity contribution in [1.82, 2.24) is 10.7 Å². The van der Waals surface area contributed by atoms with E-state index in [4.69, 9.17) is 14.2 Å². The Hall–Kier alpha value is -4.13. The van der Waals surface area contributed by atoms with Crippen molar-refractivity contribution in [2.24, 2.45) is 5.10 Å². The number of benzene rings is 3. The van der Waals surface area contributed by atoms with Crippen molar-refractivity contribution in [1.29, 1.82) is 0 Å². The second-order valence-electron chi connectivity index (χ2n) is 9.11. The van der Waals surface area contributed by atoms with E-state index in [-0.39, 0.29) is 19.1 Å². The molecule has 11 heteroatoms. The molecule has 3 amide bonds. The van der Waals surface area contributed by atoms with Gasteiger partial charge in [0.15, 0.2) is 18.1 Å². The Balaban J connectivity index is 1.54. The van der Waals surface area contributed by atoms with Gasteiger partial charge < -0.3 is 24.8 Å². The topological polar surface area (TPSA) is 127 Å². The van der Waals surface area contributed by atoms with Crippen LogP contribution in [0, 0.1) is 3.57 Å². The lowest BCUT2D eigenvalue weighted by Crippen LogP contribution is -2.37. The summed E-state index contributed by atoms with van der Waals surface area (Å²) in [6, 6.07) is 18.2. The standard InChI is InChI=1S/C30H33IN4O6/c1-5-40-26-15-21(14-25(31)28(26)41-18-27(36)34-23-10-12-24(39-4)13-11-23)17-33-35-30(38)29(37)32-16-20-6-8-22(9-7-20)19(2)3/h6-15,17,19H,5,16,18H2,1-4H3,(H,32,37)(H,34,36)(H,35,38)/b33-17-. The monoisotopic (exact) mass is 672 g/mol. The fraction of sp³-hybridized carbons (Fsp3) is 0.267. The molecule has 0 saturated heterocycles. The van der Waals surface area contributed by atoms with E-state index in [2.05, 4.69) is 57.6 Å². The first kappa shape index (κ1) is 31.4. The van der Waals surface area contributed by atoms with Gasteiger partial charge in [-0.25, -0.2) is 5.43 Å². The van der Waals surface area contributed by atoms with Gasteiger partial charge in [-0.3, -0.25) is 14.4 Å². The van der Waals surface area contributed by atoms with E-state index in [0.717, 1.165) is 5.56 Å². The highest BCUT2D eigenvalue weighted by molar-refractivity contribution is 14.1. The summed E-state index contributed by atoms with van der Waals surface area (Å²) < 4.78 is 17.3. The Labute approximate surface area is 253 Å². The summed E-state index contributed by atoms with van der Waals surface area (Å²) >= 11 is 2.06. The van der Waals surface area contributed by atoms with Gasteiger partial charge in [0.25, 0.3) is 5.91 Å². The molecule has 3 aromatic carbocycles. The van der Waals surface area contributed by atoms with Gasteiger partial charge in [0, 0.05) is 12.2 Å². The number of amides is 3. The number of carbonyl (C=O) groups excluding carboxylic acids is 3. The Morgan fingerprint density at radius 1 is 0.976 bits per heavy atom. The molecular formula is C30H33IN4O6. The van der Waals surface area contributed by atoms with Crippen molar-refractivity contribution in [3.8, 4) is 17.2 Å². The fourth-order valence-electron chi connectivity index (χ4n) is 3.57. The van der Waals surface area contributed by atoms with E-state index < -0.39 is 11.8 Å². The third kappa shape index (κ3) is 9.78. The van der Waals surface area contributed by atoms with Gasteiger partial charge in [-0.15, -0.1) is 0 Å². The molecule has 0 spiro atoms. The maximum Gasteiger partial charge on any atom is 0.329 e. The van der Waals surface area contributed by atoms with E-state index in [9.17, 15) is 14.4 Å². The molecule has 0 fully saturated rings. The van der Waals surface area contributed by atoms with Crippen LogP contribution in [0.3, 0.4) is 0 Å². The van der Waals surface area contributed by atoms with Gasteiger partial charge in [-0.05, 0) is 88.5 Å². The maximum atomic E-state index is 12.4. The Kier molecular flexibility index (Phi) is 11.9. The molecule has 10 nitrogen and oxygen atoms in total. The second kappa shape index (κ2) is 15.6. The second-order valence-corrected chi connectivity index (χ2v) is 10.3. The van der Waals surface area contributed by atoms with Crippen LogP contribution < -0.4 is 30.3 Å². The van der Waals surface area contributed by atoms with Gasteiger partial charge in [0.1, 0.15) is 5.75 Å². The van der Waals surface area contributed by atoms with Crippen LogP contribution in [0.1, 0.15) is 43.4 Å². The summed E-state index contributed by atoms with van der Waals surface area (Å²) in [4.78, 5) is 36.8. The molecule has 216 valence electrons. The van der Waals surface area contributed by atoms with Gasteiger partial charge in [-0.2, -0.15) is 5.10 Å². The summed E-state index contributed by atoms with van der Waals surface area (Å²) in [6.45, 7) is 6.39. The van der Waals surface area contributed by atoms with Gasteiger partial charge in [0.05, 0.1) is 23.5 Å². The summed E-state index contributed by atoms with van der Waals surface area (Å²) in [5.41, 5.74) is 5.52. The smallest absolute Gasteiger partial charge is 0.329 e. The number of anilines is 1. The van der Waals surface area contributed by atoms with Crippen molar-refractivity contribution >= 4 is 52.2 Å². The molecule has 0 aliphatic heterocycles. The number of nitrogens with one attached hydrogen (secondary N) is 3. The predicted octanol–water partition coefficient (Wildman–Crippen LogP) is 4.61. The summed E-state index contributed by atoms with van der Waals surface area (Å²) in [5.74, 6) is -0.113. The Morgan fingerprint density at radius 2 is 1.68 bits per heavy atom. The number of carbonyl (C=O) groups is 3. The molecule has 3 rings (SSSR count). The normalized spacial score (nSPS) is 10.8. The average molecular weight is 673 g/mol. The highest BCUT2D eigenvalue weighted by atomic mass is 127. The lowest BCUT2D eigenvalue weighted by molar-refractivity contribution is -0.139. The Bertz CT molecular complexity index is 1370. The molecule has 0 aromatic heterocycles. The largest absolute Gasteiger partial charge is 0.497 e. The number of hydrogen-bond donors (Lipinski definition) is 3. The van der Waals surface area contributed by atoms with E-state index >= 15 is 0 Å². The van der Waals surface area contributed by atoms with Crippen LogP contribution >= 0.6 is 22.6 Å². The Morgan fingerprint density at radius 3 is 2.32 bits per heavy atom. The van der Waals surface area contributed by atoms with Crippen molar-refractivity contribution < 1.29 is 28.6 Å². The van der Waals surface area contributed by atoms with Crippen LogP contribution in [-0.2, 0) is 20.9 Å². The highest BCUT2D eigenvalue weighted by Gasteiger charge is 2.15. The zero-order valence-corrected chi connectivity index (χ0v) is 25.5. The maximum absolute atomic E-state index is 12.4. The molecule has 0 saturated carbocycles. The molecule has 0 aliphatic carbocycles. The van der Waals surface area contributed by atoms with Gasteiger partial charge in [-0.1, -0.05) is 38.1 Å². The molecule has 41 heavy (non-hydrogen) atoms. The number of methoxy groups -OCH3 is 1. The summed E-state index contributed by atoms with van der Waals surface area (Å²) in [7, 11) is 1.57. The fourth-order valence-corrected chi connectivity index (χ4v) is 4.35. The van der Waals surface area contributed by atoms with E-state index in [1.807, 2.05) is 31.2 Å². The summed E-state index contributed by atoms with van der Waals surface area (Å²) in [6.07, 6.45) is 1.39. The van der Waals surface area contributed by atoms with E-state index in [0.29, 0.717) is 44.6 Å². The molecule has 3 aromatic rings. The minimum atomic E-state index is -0.886. The number of rotatable bonds is 12. The van der Waals surface area contributed by atoms with E-state index in [1.54, 1.807) is 43.5 Å². The van der Waals surface area contributed by atoms with Crippen molar-refractivity contribution in [3.63, 3.8) is 0 Å². The molecule has 0 bridgehead atoms. The quantitative estimate of drug-likeness (QED) is 0.112. The average Bonchev–Trinajstić information content (AvgIpc) is 2.96. The molecule has 0 atom stereocenters. The van der Waals surface area contributed by atoms with Crippen molar-refractivity contribution in [2.45, 2.75) is 33.2 Å². The van der Waals surface area contributed by atoms with E-state index in [1.165, 1.54) is 11.8 Å². The van der Waals surface area contributed by atoms with Gasteiger partial charge in [0.2, 0.25) is 0 Å². The molecule has 3 N–H and O–H groups in total. The van der Waals surface area contributed by atoms with Crippen molar-refractivity contribution in [3.05, 3.63) is 80.9 Å². The molecule has 0 radical (unpaired) electrons. The molecule has 0 heterocycles. The number of nitrogens with zero attached hydrogens (tertiary/aromatic N) is 1. The highest BCUT2D eigenvalue weighted by Crippen LogP contribution is 2.34. The lowest BCUT2D eigenvalue weighted by Gasteiger charge is -2.14. The molecule has 0 aliphatic rings. The zero-order chi connectivity index (χ0) is 29.8. The van der Waals surface area contributed by atoms with Crippen molar-refractivity contribution in [2.75, 3.05) is 25.6 Å². The number of hydrogen-bond acceptors (Lipinski definition) is 7. The first-order valence-electron chi connectivity index (χ1n) is 12.9. The van der Waals surface area contributed by atoms with Crippen LogP contribution in [0.2, 0.25) is 0 Å². The van der Waals surface area contributed by atoms with Crippen LogP contribution in [-0.4, -0.2) is 44.3 Å².